The molecular formula is C26H30N2O6. The van der Waals surface area contributed by atoms with E-state index >= 15 is 0 Å². The van der Waals surface area contributed by atoms with Crippen molar-refractivity contribution in [3.05, 3.63) is 59.7 Å². The molecule has 0 aromatic heterocycles. The van der Waals surface area contributed by atoms with Gasteiger partial charge in [-0.05, 0) is 42.0 Å². The van der Waals surface area contributed by atoms with Gasteiger partial charge in [-0.1, -0.05) is 48.5 Å². The van der Waals surface area contributed by atoms with Crippen LogP contribution in [0.5, 0.6) is 0 Å². The minimum Gasteiger partial charge on any atom is -0.481 e. The smallest absolute Gasteiger partial charge is 0.407 e. The number of carbonyl (C=O) groups excluding carboxylic acids is 2. The Bertz CT molecular complexity index is 1020. The van der Waals surface area contributed by atoms with Crippen molar-refractivity contribution in [3.63, 3.8) is 0 Å². The molecule has 2 aromatic rings. The highest BCUT2D eigenvalue weighted by Crippen LogP contribution is 2.44. The minimum absolute atomic E-state index is 0.0323. The first-order chi connectivity index (χ1) is 16.4. The molecule has 1 aliphatic heterocycles. The predicted octanol–water partition coefficient (Wildman–Crippen LogP) is 3.44. The molecule has 3 N–H and O–H groups in total. The molecule has 0 spiro atoms. The normalized spacial score (nSPS) is 17.2. The first kappa shape index (κ1) is 23.8. The minimum atomic E-state index is -0.981. The summed E-state index contributed by atoms with van der Waals surface area (Å²) < 4.78 is 11.1. The number of carboxylic acid groups (broad SMARTS) is 1. The maximum Gasteiger partial charge on any atom is 0.407 e. The number of carbonyl (C=O) groups is 3. The second-order valence-electron chi connectivity index (χ2n) is 9.09. The van der Waals surface area contributed by atoms with Crippen molar-refractivity contribution >= 4 is 18.0 Å². The molecule has 8 nitrogen and oxygen atoms in total. The van der Waals surface area contributed by atoms with Crippen LogP contribution in [0.1, 0.15) is 49.7 Å². The number of hydrogen-bond acceptors (Lipinski definition) is 5. The Kier molecular flexibility index (Phi) is 7.17. The number of fused-ring (bicyclic) bond motifs is 3. The number of benzene rings is 2. The van der Waals surface area contributed by atoms with Gasteiger partial charge in [0.15, 0.2) is 0 Å². The van der Waals surface area contributed by atoms with Gasteiger partial charge in [-0.2, -0.15) is 0 Å². The standard InChI is InChI=1S/C26H30N2O6/c1-17(14-24(30)31)27-23(29)15-26(10-12-33-13-11-26)28-25(32)34-16-22-20-8-4-2-6-18(20)19-7-3-5-9-21(19)22/h2-9,17,22H,10-16H2,1H3,(H,27,29)(H,28,32)(H,30,31)/t17-/m0/s1. The van der Waals surface area contributed by atoms with Crippen LogP contribution in [0.15, 0.2) is 48.5 Å². The Morgan fingerprint density at radius 1 is 1.06 bits per heavy atom. The van der Waals surface area contributed by atoms with E-state index < -0.39 is 23.6 Å². The number of alkyl carbamates (subject to hydrolysis) is 1. The summed E-state index contributed by atoms with van der Waals surface area (Å²) in [5, 5.41) is 14.6. The second-order valence-corrected chi connectivity index (χ2v) is 9.09. The quantitative estimate of drug-likeness (QED) is 0.549. The zero-order valence-electron chi connectivity index (χ0n) is 19.2. The van der Waals surface area contributed by atoms with E-state index in [-0.39, 0.29) is 31.3 Å². The average Bonchev–Trinajstić information content (AvgIpc) is 3.11. The van der Waals surface area contributed by atoms with Crippen LogP contribution in [-0.4, -0.2) is 54.5 Å². The lowest BCUT2D eigenvalue weighted by molar-refractivity contribution is -0.137. The molecule has 34 heavy (non-hydrogen) atoms. The van der Waals surface area contributed by atoms with Gasteiger partial charge < -0.3 is 25.2 Å². The summed E-state index contributed by atoms with van der Waals surface area (Å²) in [6, 6.07) is 15.7. The zero-order chi connectivity index (χ0) is 24.1. The molecule has 0 bridgehead atoms. The summed E-state index contributed by atoms with van der Waals surface area (Å²) in [5.74, 6) is -1.34. The number of aliphatic carboxylic acids is 1. The number of ether oxygens (including phenoxy) is 2. The summed E-state index contributed by atoms with van der Waals surface area (Å²) in [5.41, 5.74) is 3.77. The molecule has 0 radical (unpaired) electrons. The van der Waals surface area contributed by atoms with Crippen LogP contribution in [-0.2, 0) is 19.1 Å². The van der Waals surface area contributed by atoms with Crippen molar-refractivity contribution in [3.8, 4) is 11.1 Å². The van der Waals surface area contributed by atoms with E-state index in [1.54, 1.807) is 6.92 Å². The van der Waals surface area contributed by atoms with Gasteiger partial charge in [0.1, 0.15) is 6.61 Å². The molecule has 1 fully saturated rings. The van der Waals surface area contributed by atoms with Crippen LogP contribution < -0.4 is 10.6 Å². The van der Waals surface area contributed by atoms with Crippen LogP contribution in [0, 0.1) is 0 Å². The Hall–Kier alpha value is -3.39. The largest absolute Gasteiger partial charge is 0.481 e. The second kappa shape index (κ2) is 10.3. The molecule has 1 aliphatic carbocycles. The zero-order valence-corrected chi connectivity index (χ0v) is 19.2. The topological polar surface area (TPSA) is 114 Å². The summed E-state index contributed by atoms with van der Waals surface area (Å²) >= 11 is 0. The molecule has 4 rings (SSSR count). The molecular weight excluding hydrogens is 436 g/mol. The Labute approximate surface area is 198 Å². The van der Waals surface area contributed by atoms with Crippen molar-refractivity contribution in [2.45, 2.75) is 50.1 Å². The van der Waals surface area contributed by atoms with E-state index in [0.717, 1.165) is 22.3 Å². The van der Waals surface area contributed by atoms with Crippen LogP contribution in [0.4, 0.5) is 4.79 Å². The number of hydrogen-bond donors (Lipinski definition) is 3. The third-order valence-electron chi connectivity index (χ3n) is 6.55. The monoisotopic (exact) mass is 466 g/mol. The van der Waals surface area contributed by atoms with Gasteiger partial charge in [0.25, 0.3) is 0 Å². The molecule has 1 heterocycles. The third kappa shape index (κ3) is 5.39. The van der Waals surface area contributed by atoms with Gasteiger partial charge in [-0.25, -0.2) is 4.79 Å². The van der Waals surface area contributed by atoms with Gasteiger partial charge in [-0.15, -0.1) is 0 Å². The van der Waals surface area contributed by atoms with Crippen LogP contribution in [0.25, 0.3) is 11.1 Å². The van der Waals surface area contributed by atoms with Gasteiger partial charge in [-0.3, -0.25) is 9.59 Å². The number of nitrogens with one attached hydrogen (secondary N) is 2. The van der Waals surface area contributed by atoms with Crippen LogP contribution >= 0.6 is 0 Å². The molecule has 1 atom stereocenters. The van der Waals surface area contributed by atoms with Gasteiger partial charge in [0.05, 0.1) is 12.0 Å². The SMILES string of the molecule is C[C@@H](CC(=O)O)NC(=O)CC1(NC(=O)OCC2c3ccccc3-c3ccccc32)CCOCC1. The summed E-state index contributed by atoms with van der Waals surface area (Å²) in [6.07, 6.45) is 0.234. The van der Waals surface area contributed by atoms with Gasteiger partial charge in [0, 0.05) is 31.6 Å². The summed E-state index contributed by atoms with van der Waals surface area (Å²) in [7, 11) is 0. The molecule has 2 amide bonds. The molecule has 1 saturated heterocycles. The fourth-order valence-corrected chi connectivity index (χ4v) is 4.91. The fraction of sp³-hybridized carbons (Fsp3) is 0.423. The fourth-order valence-electron chi connectivity index (χ4n) is 4.91. The van der Waals surface area contributed by atoms with Crippen molar-refractivity contribution in [2.24, 2.45) is 0 Å². The highest BCUT2D eigenvalue weighted by molar-refractivity contribution is 5.80. The van der Waals surface area contributed by atoms with Crippen molar-refractivity contribution in [1.29, 1.82) is 0 Å². The summed E-state index contributed by atoms with van der Waals surface area (Å²) in [6.45, 7) is 2.67. The van der Waals surface area contributed by atoms with Crippen molar-refractivity contribution < 1.29 is 29.0 Å². The molecule has 8 heteroatoms. The predicted molar refractivity (Wildman–Crippen MR) is 125 cm³/mol. The third-order valence-corrected chi connectivity index (χ3v) is 6.55. The van der Waals surface area contributed by atoms with E-state index in [9.17, 15) is 14.4 Å². The maximum atomic E-state index is 12.9. The maximum absolute atomic E-state index is 12.9. The lowest BCUT2D eigenvalue weighted by atomic mass is 9.86. The Balaban J connectivity index is 1.40. The Morgan fingerprint density at radius 2 is 1.65 bits per heavy atom. The van der Waals surface area contributed by atoms with E-state index in [4.69, 9.17) is 14.6 Å². The van der Waals surface area contributed by atoms with E-state index in [1.807, 2.05) is 24.3 Å². The highest BCUT2D eigenvalue weighted by atomic mass is 16.5. The van der Waals surface area contributed by atoms with Gasteiger partial charge >= 0.3 is 12.1 Å². The lowest BCUT2D eigenvalue weighted by Crippen LogP contribution is -2.55. The molecule has 180 valence electrons. The Morgan fingerprint density at radius 3 is 2.24 bits per heavy atom. The molecule has 2 aliphatic rings. The van der Waals surface area contributed by atoms with Gasteiger partial charge in [0.2, 0.25) is 5.91 Å². The lowest BCUT2D eigenvalue weighted by Gasteiger charge is -2.37. The van der Waals surface area contributed by atoms with E-state index in [2.05, 4.69) is 34.9 Å². The molecule has 2 aromatic carbocycles. The molecule has 0 saturated carbocycles. The number of rotatable bonds is 8. The van der Waals surface area contributed by atoms with Crippen LogP contribution in [0.3, 0.4) is 0 Å². The molecule has 0 unspecified atom stereocenters. The summed E-state index contributed by atoms with van der Waals surface area (Å²) in [4.78, 5) is 36.3. The first-order valence-electron chi connectivity index (χ1n) is 11.6. The van der Waals surface area contributed by atoms with Crippen LogP contribution in [0.2, 0.25) is 0 Å². The number of carboxylic acids is 1. The van der Waals surface area contributed by atoms with E-state index in [0.29, 0.717) is 26.1 Å². The van der Waals surface area contributed by atoms with Crippen molar-refractivity contribution in [2.75, 3.05) is 19.8 Å². The highest BCUT2D eigenvalue weighted by Gasteiger charge is 2.38. The average molecular weight is 467 g/mol. The first-order valence-corrected chi connectivity index (χ1v) is 11.6. The van der Waals surface area contributed by atoms with E-state index in [1.165, 1.54) is 0 Å². The van der Waals surface area contributed by atoms with Crippen molar-refractivity contribution in [1.82, 2.24) is 10.6 Å². The number of amides is 2.